The Morgan fingerprint density at radius 1 is 1.10 bits per heavy atom. The Balaban J connectivity index is 2.26. The monoisotopic (exact) mass is 314 g/mol. The summed E-state index contributed by atoms with van der Waals surface area (Å²) in [5.41, 5.74) is 2.51. The number of benzene rings is 2. The average Bonchev–Trinajstić information content (AvgIpc) is 2.76. The largest absolute Gasteiger partial charge is 0.321 e. The number of allylic oxidation sites excluding steroid dienone is 1. The van der Waals surface area contributed by atoms with E-state index in [-0.39, 0.29) is 11.5 Å². The van der Waals surface area contributed by atoms with Crippen LogP contribution in [0.4, 0.5) is 5.69 Å². The van der Waals surface area contributed by atoms with Gasteiger partial charge in [-0.2, -0.15) is 5.26 Å². The fourth-order valence-electron chi connectivity index (χ4n) is 2.30. The van der Waals surface area contributed by atoms with Crippen LogP contribution in [-0.2, 0) is 4.79 Å². The van der Waals surface area contributed by atoms with E-state index in [4.69, 9.17) is 23.2 Å². The zero-order valence-corrected chi connectivity index (χ0v) is 12.2. The lowest BCUT2D eigenvalue weighted by molar-refractivity contribution is -0.110. The number of nitrogens with zero attached hydrogens (tertiary/aromatic N) is 1. The van der Waals surface area contributed by atoms with Crippen molar-refractivity contribution < 1.29 is 4.79 Å². The fraction of sp³-hybridized carbons (Fsp3) is 0. The van der Waals surface area contributed by atoms with Gasteiger partial charge < -0.3 is 5.32 Å². The van der Waals surface area contributed by atoms with E-state index < -0.39 is 0 Å². The highest BCUT2D eigenvalue weighted by Gasteiger charge is 2.28. The molecule has 3 rings (SSSR count). The number of rotatable bonds is 1. The Bertz CT molecular complexity index is 834. The summed E-state index contributed by atoms with van der Waals surface area (Å²) in [6.07, 6.45) is 0. The minimum absolute atomic E-state index is 0.288. The van der Waals surface area contributed by atoms with E-state index in [1.807, 2.05) is 0 Å². The van der Waals surface area contributed by atoms with E-state index in [9.17, 15) is 10.1 Å². The molecule has 1 aliphatic heterocycles. The number of nitriles is 1. The molecule has 0 saturated carbocycles. The topological polar surface area (TPSA) is 52.9 Å². The standard InChI is InChI=1S/C16H8Cl2N2O/c17-10-3-1-2-9(6-10)13(8-19)15-12-5-4-11(18)7-14(12)20-16(15)21/h1-7H,(H,20,21)/b15-13+. The molecule has 2 aromatic rings. The third kappa shape index (κ3) is 2.40. The predicted octanol–water partition coefficient (Wildman–Crippen LogP) is 4.38. The Hall–Kier alpha value is -2.28. The second-order valence-electron chi connectivity index (χ2n) is 4.52. The molecule has 0 spiro atoms. The summed E-state index contributed by atoms with van der Waals surface area (Å²) < 4.78 is 0. The summed E-state index contributed by atoms with van der Waals surface area (Å²) in [5.74, 6) is -0.316. The van der Waals surface area contributed by atoms with Crippen molar-refractivity contribution in [3.05, 3.63) is 63.6 Å². The first kappa shape index (κ1) is 13.7. The minimum atomic E-state index is -0.316. The number of hydrogen-bond acceptors (Lipinski definition) is 2. The van der Waals surface area contributed by atoms with Gasteiger partial charge in [-0.1, -0.05) is 41.4 Å². The van der Waals surface area contributed by atoms with Crippen molar-refractivity contribution in [3.63, 3.8) is 0 Å². The number of nitrogens with one attached hydrogen (secondary N) is 1. The summed E-state index contributed by atoms with van der Waals surface area (Å²) >= 11 is 11.9. The highest BCUT2D eigenvalue weighted by molar-refractivity contribution is 6.39. The maximum atomic E-state index is 12.2. The number of halogens is 2. The van der Waals surface area contributed by atoms with Gasteiger partial charge in [-0.3, -0.25) is 4.79 Å². The smallest absolute Gasteiger partial charge is 0.257 e. The summed E-state index contributed by atoms with van der Waals surface area (Å²) in [5, 5.41) is 13.2. The SMILES string of the molecule is N#C/C(=C1\C(=O)Nc2cc(Cl)ccc21)c1cccc(Cl)c1. The molecule has 1 N–H and O–H groups in total. The molecular weight excluding hydrogens is 307 g/mol. The summed E-state index contributed by atoms with van der Waals surface area (Å²) in [4.78, 5) is 12.2. The molecule has 0 radical (unpaired) electrons. The van der Waals surface area contributed by atoms with Gasteiger partial charge in [0.25, 0.3) is 5.91 Å². The van der Waals surface area contributed by atoms with Gasteiger partial charge in [0.2, 0.25) is 0 Å². The van der Waals surface area contributed by atoms with Crippen molar-refractivity contribution in [1.29, 1.82) is 5.26 Å². The molecule has 3 nitrogen and oxygen atoms in total. The van der Waals surface area contributed by atoms with Gasteiger partial charge in [0.1, 0.15) is 6.07 Å². The van der Waals surface area contributed by atoms with Crippen molar-refractivity contribution >= 4 is 45.9 Å². The number of carbonyl (C=O) groups is 1. The zero-order valence-electron chi connectivity index (χ0n) is 10.7. The van der Waals surface area contributed by atoms with Gasteiger partial charge in [-0.25, -0.2) is 0 Å². The third-order valence-electron chi connectivity index (χ3n) is 3.20. The van der Waals surface area contributed by atoms with Gasteiger partial charge in [0, 0.05) is 15.6 Å². The normalized spacial score (nSPS) is 15.2. The van der Waals surface area contributed by atoms with Crippen LogP contribution in [0.15, 0.2) is 42.5 Å². The number of carbonyl (C=O) groups excluding carboxylic acids is 1. The molecule has 1 heterocycles. The lowest BCUT2D eigenvalue weighted by Crippen LogP contribution is -2.05. The number of hydrogen-bond donors (Lipinski definition) is 1. The lowest BCUT2D eigenvalue weighted by Gasteiger charge is -2.04. The highest BCUT2D eigenvalue weighted by Crippen LogP contribution is 2.38. The first-order valence-electron chi connectivity index (χ1n) is 6.12. The summed E-state index contributed by atoms with van der Waals surface area (Å²) in [6.45, 7) is 0. The van der Waals surface area contributed by atoms with E-state index in [0.29, 0.717) is 32.4 Å². The maximum absolute atomic E-state index is 12.2. The Labute approximate surface area is 131 Å². The summed E-state index contributed by atoms with van der Waals surface area (Å²) in [7, 11) is 0. The van der Waals surface area contributed by atoms with Gasteiger partial charge in [0.05, 0.1) is 16.8 Å². The minimum Gasteiger partial charge on any atom is -0.321 e. The molecule has 0 aromatic heterocycles. The van der Waals surface area contributed by atoms with E-state index in [1.54, 1.807) is 42.5 Å². The lowest BCUT2D eigenvalue weighted by atomic mass is 9.96. The molecule has 0 saturated heterocycles. The first-order chi connectivity index (χ1) is 10.1. The van der Waals surface area contributed by atoms with Gasteiger partial charge in [0.15, 0.2) is 0 Å². The average molecular weight is 315 g/mol. The molecule has 0 unspecified atom stereocenters. The molecule has 0 aliphatic carbocycles. The van der Waals surface area contributed by atoms with Crippen molar-refractivity contribution in [1.82, 2.24) is 0 Å². The van der Waals surface area contributed by atoms with Crippen molar-refractivity contribution in [2.75, 3.05) is 5.32 Å². The van der Waals surface area contributed by atoms with E-state index in [1.165, 1.54) is 0 Å². The first-order valence-corrected chi connectivity index (χ1v) is 6.87. The van der Waals surface area contributed by atoms with Crippen LogP contribution in [0.25, 0.3) is 11.1 Å². The molecule has 0 atom stereocenters. The number of fused-ring (bicyclic) bond motifs is 1. The van der Waals surface area contributed by atoms with Crippen LogP contribution in [-0.4, -0.2) is 5.91 Å². The molecule has 21 heavy (non-hydrogen) atoms. The van der Waals surface area contributed by atoms with Crippen LogP contribution in [0.1, 0.15) is 11.1 Å². The molecule has 0 fully saturated rings. The van der Waals surface area contributed by atoms with Gasteiger partial charge in [-0.05, 0) is 29.8 Å². The second-order valence-corrected chi connectivity index (χ2v) is 5.39. The van der Waals surface area contributed by atoms with E-state index in [2.05, 4.69) is 11.4 Å². The maximum Gasteiger partial charge on any atom is 0.257 e. The van der Waals surface area contributed by atoms with Crippen molar-refractivity contribution in [3.8, 4) is 6.07 Å². The molecule has 0 bridgehead atoms. The van der Waals surface area contributed by atoms with Crippen LogP contribution >= 0.6 is 23.2 Å². The van der Waals surface area contributed by atoms with Crippen molar-refractivity contribution in [2.24, 2.45) is 0 Å². The molecular formula is C16H8Cl2N2O. The highest BCUT2D eigenvalue weighted by atomic mass is 35.5. The molecule has 5 heteroatoms. The van der Waals surface area contributed by atoms with Crippen LogP contribution in [0.3, 0.4) is 0 Å². The molecule has 1 amide bonds. The second kappa shape index (κ2) is 5.25. The van der Waals surface area contributed by atoms with E-state index in [0.717, 1.165) is 0 Å². The Morgan fingerprint density at radius 2 is 1.86 bits per heavy atom. The molecule has 102 valence electrons. The third-order valence-corrected chi connectivity index (χ3v) is 3.67. The molecule has 2 aromatic carbocycles. The Morgan fingerprint density at radius 3 is 2.57 bits per heavy atom. The van der Waals surface area contributed by atoms with Crippen LogP contribution in [0.5, 0.6) is 0 Å². The Kier molecular flexibility index (Phi) is 3.42. The van der Waals surface area contributed by atoms with Crippen LogP contribution in [0, 0.1) is 11.3 Å². The van der Waals surface area contributed by atoms with Gasteiger partial charge >= 0.3 is 0 Å². The van der Waals surface area contributed by atoms with Crippen LogP contribution in [0.2, 0.25) is 10.0 Å². The van der Waals surface area contributed by atoms with Gasteiger partial charge in [-0.15, -0.1) is 0 Å². The molecule has 1 aliphatic rings. The fourth-order valence-corrected chi connectivity index (χ4v) is 2.66. The predicted molar refractivity (Wildman–Crippen MR) is 84.0 cm³/mol. The van der Waals surface area contributed by atoms with Crippen LogP contribution < -0.4 is 5.32 Å². The summed E-state index contributed by atoms with van der Waals surface area (Å²) in [6, 6.07) is 14.0. The number of amides is 1. The quantitative estimate of drug-likeness (QED) is 0.627. The van der Waals surface area contributed by atoms with Crippen molar-refractivity contribution in [2.45, 2.75) is 0 Å². The van der Waals surface area contributed by atoms with E-state index >= 15 is 0 Å². The zero-order chi connectivity index (χ0) is 15.0. The number of anilines is 1.